The Labute approximate surface area is 199 Å². The maximum Gasteiger partial charge on any atom is 0.410 e. The second-order valence-electron chi connectivity index (χ2n) is 8.97. The maximum absolute atomic E-state index is 13.3. The number of hydrogen-bond donors (Lipinski definition) is 0. The average molecular weight is 494 g/mol. The molecule has 178 valence electrons. The summed E-state index contributed by atoms with van der Waals surface area (Å²) in [5, 5.41) is 0.414. The molecular formula is C23H28ClN3O5S. The Morgan fingerprint density at radius 2 is 1.64 bits per heavy atom. The second kappa shape index (κ2) is 8.95. The molecule has 0 aliphatic carbocycles. The molecule has 8 nitrogen and oxygen atoms in total. The highest BCUT2D eigenvalue weighted by Gasteiger charge is 2.34. The third-order valence-electron chi connectivity index (χ3n) is 5.43. The van der Waals surface area contributed by atoms with Crippen LogP contribution in [0.15, 0.2) is 47.4 Å². The number of benzene rings is 2. The van der Waals surface area contributed by atoms with Gasteiger partial charge in [-0.15, -0.1) is 0 Å². The number of ether oxygens (including phenoxy) is 2. The number of carbonyl (C=O) groups excluding carboxylic acids is 1. The number of carbonyl (C=O) groups is 1. The van der Waals surface area contributed by atoms with Gasteiger partial charge in [0.1, 0.15) is 12.2 Å². The molecule has 1 saturated heterocycles. The van der Waals surface area contributed by atoms with Crippen molar-refractivity contribution in [2.45, 2.75) is 31.3 Å². The smallest absolute Gasteiger partial charge is 0.410 e. The molecule has 0 N–H and O–H groups in total. The number of nitrogens with zero attached hydrogens (tertiary/aromatic N) is 3. The van der Waals surface area contributed by atoms with Crippen LogP contribution in [-0.2, 0) is 14.8 Å². The van der Waals surface area contributed by atoms with Crippen LogP contribution in [0, 0.1) is 0 Å². The first-order valence-electron chi connectivity index (χ1n) is 10.8. The summed E-state index contributed by atoms with van der Waals surface area (Å²) in [6.07, 6.45) is -0.341. The summed E-state index contributed by atoms with van der Waals surface area (Å²) in [5.41, 5.74) is 0.582. The molecule has 2 heterocycles. The number of amides is 1. The van der Waals surface area contributed by atoms with Gasteiger partial charge < -0.3 is 19.3 Å². The van der Waals surface area contributed by atoms with E-state index in [1.807, 2.05) is 20.8 Å². The van der Waals surface area contributed by atoms with Crippen LogP contribution in [0.3, 0.4) is 0 Å². The van der Waals surface area contributed by atoms with E-state index in [9.17, 15) is 13.2 Å². The highest BCUT2D eigenvalue weighted by Crippen LogP contribution is 2.45. The molecule has 0 radical (unpaired) electrons. The van der Waals surface area contributed by atoms with Crippen LogP contribution in [0.2, 0.25) is 5.02 Å². The topological polar surface area (TPSA) is 79.4 Å². The van der Waals surface area contributed by atoms with Gasteiger partial charge in [0, 0.05) is 31.2 Å². The van der Waals surface area contributed by atoms with Gasteiger partial charge in [-0.05, 0) is 45.0 Å². The second-order valence-corrected chi connectivity index (χ2v) is 11.3. The number of halogens is 1. The standard InChI is InChI=1S/C23H28ClN3O5S/c1-23(2,3)32-22(28)26-11-9-25(10-12-26)19-15-17(24)16-20-21(19)31-14-13-27(20)33(29,30)18-7-5-4-6-8-18/h4-8,15-16H,9-14H2,1-3H3. The lowest BCUT2D eigenvalue weighted by atomic mass is 10.2. The average Bonchev–Trinajstić information content (AvgIpc) is 2.77. The van der Waals surface area contributed by atoms with E-state index in [4.69, 9.17) is 21.1 Å². The van der Waals surface area contributed by atoms with Crippen LogP contribution in [0.4, 0.5) is 16.2 Å². The van der Waals surface area contributed by atoms with Gasteiger partial charge in [0.15, 0.2) is 5.75 Å². The minimum absolute atomic E-state index is 0.191. The lowest BCUT2D eigenvalue weighted by Gasteiger charge is -2.39. The van der Waals surface area contributed by atoms with Crippen LogP contribution in [-0.4, -0.2) is 64.3 Å². The van der Waals surface area contributed by atoms with Crippen molar-refractivity contribution in [3.8, 4) is 5.75 Å². The third kappa shape index (κ3) is 4.99. The summed E-state index contributed by atoms with van der Waals surface area (Å²) in [5.74, 6) is 0.482. The normalized spacial score (nSPS) is 16.8. The molecule has 0 saturated carbocycles. The number of rotatable bonds is 3. The van der Waals surface area contributed by atoms with E-state index in [0.29, 0.717) is 48.3 Å². The van der Waals surface area contributed by atoms with Crippen molar-refractivity contribution in [1.82, 2.24) is 4.90 Å². The van der Waals surface area contributed by atoms with Gasteiger partial charge in [0.2, 0.25) is 0 Å². The number of anilines is 2. The van der Waals surface area contributed by atoms with Crippen LogP contribution in [0.5, 0.6) is 5.75 Å². The third-order valence-corrected chi connectivity index (χ3v) is 7.47. The first-order chi connectivity index (χ1) is 15.6. The number of fused-ring (bicyclic) bond motifs is 1. The van der Waals surface area contributed by atoms with E-state index >= 15 is 0 Å². The molecule has 2 aliphatic rings. The van der Waals surface area contributed by atoms with Gasteiger partial charge in [-0.3, -0.25) is 4.31 Å². The Bertz CT molecular complexity index is 1130. The van der Waals surface area contributed by atoms with Crippen LogP contribution >= 0.6 is 11.6 Å². The zero-order valence-corrected chi connectivity index (χ0v) is 20.5. The molecule has 0 bridgehead atoms. The van der Waals surface area contributed by atoms with E-state index in [0.717, 1.165) is 0 Å². The monoisotopic (exact) mass is 493 g/mol. The van der Waals surface area contributed by atoms with Gasteiger partial charge in [-0.2, -0.15) is 0 Å². The first kappa shape index (κ1) is 23.5. The molecule has 2 aliphatic heterocycles. The van der Waals surface area contributed by atoms with Crippen LogP contribution in [0.25, 0.3) is 0 Å². The molecule has 4 rings (SSSR count). The Kier molecular flexibility index (Phi) is 6.37. The quantitative estimate of drug-likeness (QED) is 0.643. The lowest BCUT2D eigenvalue weighted by molar-refractivity contribution is 0.0240. The SMILES string of the molecule is CC(C)(C)OC(=O)N1CCN(c2cc(Cl)cc3c2OCCN3S(=O)(=O)c2ccccc2)CC1. The van der Waals surface area contributed by atoms with E-state index in [-0.39, 0.29) is 24.1 Å². The van der Waals surface area contributed by atoms with E-state index in [1.165, 1.54) is 4.31 Å². The molecule has 0 unspecified atom stereocenters. The number of sulfonamides is 1. The number of hydrogen-bond acceptors (Lipinski definition) is 6. The fourth-order valence-corrected chi connectivity index (χ4v) is 5.58. The molecule has 0 aromatic heterocycles. The van der Waals surface area contributed by atoms with Crippen molar-refractivity contribution in [2.24, 2.45) is 0 Å². The van der Waals surface area contributed by atoms with Gasteiger partial charge in [0.05, 0.1) is 22.8 Å². The lowest BCUT2D eigenvalue weighted by Crippen LogP contribution is -2.50. The number of piperazine rings is 1. The Balaban J connectivity index is 1.60. The fourth-order valence-electron chi connectivity index (χ4n) is 3.91. The summed E-state index contributed by atoms with van der Waals surface area (Å²) < 4.78 is 39.5. The van der Waals surface area contributed by atoms with Gasteiger partial charge in [-0.1, -0.05) is 29.8 Å². The molecule has 0 spiro atoms. The van der Waals surface area contributed by atoms with E-state index in [1.54, 1.807) is 47.4 Å². The maximum atomic E-state index is 13.3. The molecule has 10 heteroatoms. The largest absolute Gasteiger partial charge is 0.487 e. The Morgan fingerprint density at radius 1 is 1.00 bits per heavy atom. The summed E-state index contributed by atoms with van der Waals surface area (Å²) in [6, 6.07) is 11.7. The van der Waals surface area contributed by atoms with E-state index in [2.05, 4.69) is 4.90 Å². The fraction of sp³-hybridized carbons (Fsp3) is 0.435. The minimum atomic E-state index is -3.77. The zero-order valence-electron chi connectivity index (χ0n) is 19.0. The molecule has 33 heavy (non-hydrogen) atoms. The van der Waals surface area contributed by atoms with Gasteiger partial charge in [-0.25, -0.2) is 13.2 Å². The van der Waals surface area contributed by atoms with Crippen molar-refractivity contribution < 1.29 is 22.7 Å². The zero-order chi connectivity index (χ0) is 23.8. The van der Waals surface area contributed by atoms with Crippen molar-refractivity contribution in [3.63, 3.8) is 0 Å². The van der Waals surface area contributed by atoms with Crippen molar-refractivity contribution in [2.75, 3.05) is 48.5 Å². The molecule has 1 fully saturated rings. The highest BCUT2D eigenvalue weighted by molar-refractivity contribution is 7.92. The summed E-state index contributed by atoms with van der Waals surface area (Å²) in [7, 11) is -3.77. The van der Waals surface area contributed by atoms with E-state index < -0.39 is 15.6 Å². The summed E-state index contributed by atoms with van der Waals surface area (Å²) in [6.45, 7) is 7.97. The first-order valence-corrected chi connectivity index (χ1v) is 12.6. The predicted molar refractivity (Wildman–Crippen MR) is 128 cm³/mol. The molecule has 2 aromatic rings. The molecule has 1 amide bonds. The van der Waals surface area contributed by atoms with Crippen LogP contribution in [0.1, 0.15) is 20.8 Å². The van der Waals surface area contributed by atoms with Crippen molar-refractivity contribution in [3.05, 3.63) is 47.5 Å². The molecule has 0 atom stereocenters. The highest BCUT2D eigenvalue weighted by atomic mass is 35.5. The van der Waals surface area contributed by atoms with Gasteiger partial charge >= 0.3 is 6.09 Å². The van der Waals surface area contributed by atoms with Crippen molar-refractivity contribution in [1.29, 1.82) is 0 Å². The van der Waals surface area contributed by atoms with Gasteiger partial charge in [0.25, 0.3) is 10.0 Å². The summed E-state index contributed by atoms with van der Waals surface area (Å²) >= 11 is 6.43. The summed E-state index contributed by atoms with van der Waals surface area (Å²) in [4.78, 5) is 16.3. The predicted octanol–water partition coefficient (Wildman–Crippen LogP) is 3.98. The minimum Gasteiger partial charge on any atom is -0.487 e. The Morgan fingerprint density at radius 3 is 2.27 bits per heavy atom. The van der Waals surface area contributed by atoms with Crippen molar-refractivity contribution >= 4 is 39.1 Å². The van der Waals surface area contributed by atoms with Crippen LogP contribution < -0.4 is 13.9 Å². The molecular weight excluding hydrogens is 466 g/mol. The molecule has 2 aromatic carbocycles. The Hall–Kier alpha value is -2.65.